The van der Waals surface area contributed by atoms with Gasteiger partial charge in [0.2, 0.25) is 5.91 Å². The van der Waals surface area contributed by atoms with Crippen LogP contribution in [0.2, 0.25) is 0 Å². The molecule has 1 aliphatic carbocycles. The van der Waals surface area contributed by atoms with E-state index >= 15 is 0 Å². The highest BCUT2D eigenvalue weighted by Crippen LogP contribution is 2.26. The van der Waals surface area contributed by atoms with Crippen LogP contribution in [0.15, 0.2) is 0 Å². The molecule has 1 saturated heterocycles. The van der Waals surface area contributed by atoms with E-state index in [4.69, 9.17) is 16.3 Å². The number of nitrogens with one attached hydrogen (secondary N) is 1. The molecule has 1 amide bonds. The van der Waals surface area contributed by atoms with Gasteiger partial charge in [0.1, 0.15) is 5.88 Å². The Morgan fingerprint density at radius 2 is 2.07 bits per heavy atom. The molecule has 0 atom stereocenters. The highest BCUT2D eigenvalue weighted by atomic mass is 35.5. The lowest BCUT2D eigenvalue weighted by molar-refractivity contribution is -0.120. The van der Waals surface area contributed by atoms with E-state index in [9.17, 15) is 4.79 Å². The average molecular weight is 233 g/mol. The fourth-order valence-electron chi connectivity index (χ4n) is 2.21. The van der Waals surface area contributed by atoms with Gasteiger partial charge in [0.15, 0.2) is 0 Å². The second kappa shape index (κ2) is 5.14. The standard InChI is InChI=1S/C10H17ClN2O2/c11-7-10(14)12-8-5-9(6-8)13-1-3-15-4-2-13/h8-9H,1-7H2,(H,12,14). The quantitative estimate of drug-likeness (QED) is 0.708. The van der Waals surface area contributed by atoms with E-state index in [0.717, 1.165) is 39.1 Å². The van der Waals surface area contributed by atoms with Gasteiger partial charge in [-0.05, 0) is 12.8 Å². The van der Waals surface area contributed by atoms with Crippen molar-refractivity contribution in [2.45, 2.75) is 24.9 Å². The summed E-state index contributed by atoms with van der Waals surface area (Å²) in [6.07, 6.45) is 2.12. The van der Waals surface area contributed by atoms with Gasteiger partial charge < -0.3 is 10.1 Å². The molecule has 5 heteroatoms. The van der Waals surface area contributed by atoms with E-state index < -0.39 is 0 Å². The number of amides is 1. The number of carbonyl (C=O) groups is 1. The van der Waals surface area contributed by atoms with Gasteiger partial charge in [-0.15, -0.1) is 11.6 Å². The molecule has 1 saturated carbocycles. The molecule has 86 valence electrons. The smallest absolute Gasteiger partial charge is 0.235 e. The lowest BCUT2D eigenvalue weighted by Crippen LogP contribution is -2.56. The predicted molar refractivity (Wildman–Crippen MR) is 58.1 cm³/mol. The Bertz CT molecular complexity index is 225. The van der Waals surface area contributed by atoms with Gasteiger partial charge in [0.25, 0.3) is 0 Å². The van der Waals surface area contributed by atoms with Gasteiger partial charge in [0, 0.05) is 25.2 Å². The largest absolute Gasteiger partial charge is 0.379 e. The van der Waals surface area contributed by atoms with Crippen LogP contribution in [0.4, 0.5) is 0 Å². The Kier molecular flexibility index (Phi) is 3.83. The minimum absolute atomic E-state index is 0.0536. The number of ether oxygens (including phenoxy) is 1. The van der Waals surface area contributed by atoms with Crippen molar-refractivity contribution >= 4 is 17.5 Å². The number of hydrogen-bond donors (Lipinski definition) is 1. The summed E-state index contributed by atoms with van der Waals surface area (Å²) in [5.41, 5.74) is 0. The molecule has 1 N–H and O–H groups in total. The van der Waals surface area contributed by atoms with Gasteiger partial charge in [-0.3, -0.25) is 9.69 Å². The van der Waals surface area contributed by atoms with Crippen molar-refractivity contribution < 1.29 is 9.53 Å². The number of morpholine rings is 1. The third-order valence-electron chi connectivity index (χ3n) is 3.16. The van der Waals surface area contributed by atoms with Crippen molar-refractivity contribution in [1.82, 2.24) is 10.2 Å². The first kappa shape index (κ1) is 11.2. The molecule has 0 unspecified atom stereocenters. The molecule has 0 spiro atoms. The highest BCUT2D eigenvalue weighted by molar-refractivity contribution is 6.27. The SMILES string of the molecule is O=C(CCl)NC1CC(N2CCOCC2)C1. The summed E-state index contributed by atoms with van der Waals surface area (Å²) in [5.74, 6) is 0.0146. The van der Waals surface area contributed by atoms with E-state index in [2.05, 4.69) is 10.2 Å². The topological polar surface area (TPSA) is 41.6 Å². The van der Waals surface area contributed by atoms with E-state index in [1.165, 1.54) is 0 Å². The average Bonchev–Trinajstić information content (AvgIpc) is 2.23. The molecule has 15 heavy (non-hydrogen) atoms. The van der Waals surface area contributed by atoms with Crippen LogP contribution in [-0.2, 0) is 9.53 Å². The zero-order valence-corrected chi connectivity index (χ0v) is 9.50. The molecular formula is C10H17ClN2O2. The Morgan fingerprint density at radius 3 is 2.67 bits per heavy atom. The van der Waals surface area contributed by atoms with Crippen LogP contribution in [0.5, 0.6) is 0 Å². The van der Waals surface area contributed by atoms with Crippen LogP contribution < -0.4 is 5.32 Å². The van der Waals surface area contributed by atoms with Crippen molar-refractivity contribution in [3.8, 4) is 0 Å². The van der Waals surface area contributed by atoms with Crippen molar-refractivity contribution in [2.24, 2.45) is 0 Å². The monoisotopic (exact) mass is 232 g/mol. The van der Waals surface area contributed by atoms with Crippen molar-refractivity contribution in [2.75, 3.05) is 32.2 Å². The van der Waals surface area contributed by atoms with Gasteiger partial charge in [0.05, 0.1) is 13.2 Å². The molecule has 4 nitrogen and oxygen atoms in total. The normalized spacial score (nSPS) is 32.1. The van der Waals surface area contributed by atoms with E-state index in [1.54, 1.807) is 0 Å². The van der Waals surface area contributed by atoms with Crippen LogP contribution in [0, 0.1) is 0 Å². The molecule has 0 aromatic rings. The van der Waals surface area contributed by atoms with Crippen LogP contribution in [0.25, 0.3) is 0 Å². The lowest BCUT2D eigenvalue weighted by Gasteiger charge is -2.44. The minimum atomic E-state index is -0.0536. The molecule has 2 rings (SSSR count). The van der Waals surface area contributed by atoms with Crippen molar-refractivity contribution in [3.05, 3.63) is 0 Å². The second-order valence-electron chi connectivity index (χ2n) is 4.17. The lowest BCUT2D eigenvalue weighted by atomic mass is 9.85. The molecule has 2 aliphatic rings. The molecule has 0 aromatic heterocycles. The van der Waals surface area contributed by atoms with E-state index in [-0.39, 0.29) is 11.8 Å². The molecule has 0 aromatic carbocycles. The van der Waals surface area contributed by atoms with Crippen molar-refractivity contribution in [3.63, 3.8) is 0 Å². The first-order valence-electron chi connectivity index (χ1n) is 5.46. The molecule has 0 radical (unpaired) electrons. The van der Waals surface area contributed by atoms with Crippen LogP contribution in [0.1, 0.15) is 12.8 Å². The van der Waals surface area contributed by atoms with E-state index in [0.29, 0.717) is 12.1 Å². The molecule has 1 aliphatic heterocycles. The van der Waals surface area contributed by atoms with E-state index in [1.807, 2.05) is 0 Å². The molecule has 2 fully saturated rings. The minimum Gasteiger partial charge on any atom is -0.379 e. The first-order chi connectivity index (χ1) is 7.29. The number of rotatable bonds is 3. The number of alkyl halides is 1. The van der Waals surface area contributed by atoms with Crippen LogP contribution in [0.3, 0.4) is 0 Å². The van der Waals surface area contributed by atoms with Crippen LogP contribution >= 0.6 is 11.6 Å². The van der Waals surface area contributed by atoms with Crippen LogP contribution in [-0.4, -0.2) is 55.1 Å². The number of carbonyl (C=O) groups excluding carboxylic acids is 1. The molecular weight excluding hydrogens is 216 g/mol. The van der Waals surface area contributed by atoms with Gasteiger partial charge in [-0.2, -0.15) is 0 Å². The maximum absolute atomic E-state index is 11.0. The molecule has 1 heterocycles. The third kappa shape index (κ3) is 2.83. The maximum atomic E-state index is 11.0. The summed E-state index contributed by atoms with van der Waals surface area (Å²) in [4.78, 5) is 13.5. The second-order valence-corrected chi connectivity index (χ2v) is 4.44. The Labute approximate surface area is 94.9 Å². The summed E-state index contributed by atoms with van der Waals surface area (Å²) in [5, 5.41) is 2.91. The summed E-state index contributed by atoms with van der Waals surface area (Å²) in [6, 6.07) is 0.971. The highest BCUT2D eigenvalue weighted by Gasteiger charge is 2.34. The van der Waals surface area contributed by atoms with Gasteiger partial charge >= 0.3 is 0 Å². The zero-order valence-electron chi connectivity index (χ0n) is 8.75. The predicted octanol–water partition coefficient (Wildman–Crippen LogP) is 0.205. The Morgan fingerprint density at radius 1 is 1.40 bits per heavy atom. The third-order valence-corrected chi connectivity index (χ3v) is 3.40. The summed E-state index contributed by atoms with van der Waals surface area (Å²) < 4.78 is 5.30. The molecule has 0 bridgehead atoms. The van der Waals surface area contributed by atoms with Gasteiger partial charge in [-0.25, -0.2) is 0 Å². The zero-order chi connectivity index (χ0) is 10.7. The first-order valence-corrected chi connectivity index (χ1v) is 6.00. The number of halogens is 1. The fourth-order valence-corrected chi connectivity index (χ4v) is 2.29. The Hall–Kier alpha value is -0.320. The fraction of sp³-hybridized carbons (Fsp3) is 0.900. The summed E-state index contributed by atoms with van der Waals surface area (Å²) >= 11 is 5.42. The summed E-state index contributed by atoms with van der Waals surface area (Å²) in [6.45, 7) is 3.74. The summed E-state index contributed by atoms with van der Waals surface area (Å²) in [7, 11) is 0. The number of nitrogens with zero attached hydrogens (tertiary/aromatic N) is 1. The van der Waals surface area contributed by atoms with Crippen molar-refractivity contribution in [1.29, 1.82) is 0 Å². The number of hydrogen-bond acceptors (Lipinski definition) is 3. The van der Waals surface area contributed by atoms with Gasteiger partial charge in [-0.1, -0.05) is 0 Å². The Balaban J connectivity index is 1.66. The maximum Gasteiger partial charge on any atom is 0.235 e.